The monoisotopic (exact) mass is 362 g/mol. The van der Waals surface area contributed by atoms with E-state index in [1.54, 1.807) is 6.07 Å². The first-order valence-corrected chi connectivity index (χ1v) is 9.29. The van der Waals surface area contributed by atoms with Crippen molar-refractivity contribution >= 4 is 10.2 Å². The lowest BCUT2D eigenvalue weighted by Crippen LogP contribution is -2.51. The van der Waals surface area contributed by atoms with Gasteiger partial charge in [0.2, 0.25) is 0 Å². The first kappa shape index (κ1) is 19.2. The van der Waals surface area contributed by atoms with Crippen LogP contribution in [0.4, 0.5) is 8.78 Å². The van der Waals surface area contributed by atoms with E-state index in [9.17, 15) is 17.2 Å². The van der Waals surface area contributed by atoms with Crippen LogP contribution in [0.2, 0.25) is 0 Å². The van der Waals surface area contributed by atoms with Gasteiger partial charge in [-0.15, -0.1) is 0 Å². The predicted octanol–water partition coefficient (Wildman–Crippen LogP) is 1.94. The highest BCUT2D eigenvalue weighted by molar-refractivity contribution is 7.86. The standard InChI is InChI=1S/C15H24F2N4O2S/c1-11(12-6-7-14(15(16)17)18-9-12)19-13-5-4-8-21(10-13)24(22,23)20(2)3/h6-7,9,11,13,15,19H,4-5,8,10H2,1-3H3/t11?,13-/m1/s1. The first-order valence-electron chi connectivity index (χ1n) is 7.89. The number of nitrogens with one attached hydrogen (secondary N) is 1. The second-order valence-electron chi connectivity index (χ2n) is 6.19. The zero-order valence-electron chi connectivity index (χ0n) is 14.1. The minimum absolute atomic E-state index is 0.0123. The molecule has 0 aliphatic carbocycles. The molecule has 1 aromatic heterocycles. The number of alkyl halides is 2. The van der Waals surface area contributed by atoms with Crippen molar-refractivity contribution in [2.24, 2.45) is 0 Å². The summed E-state index contributed by atoms with van der Waals surface area (Å²) in [5.74, 6) is 0. The Kier molecular flexibility index (Phi) is 6.24. The molecule has 0 bridgehead atoms. The molecular weight excluding hydrogens is 338 g/mol. The maximum absolute atomic E-state index is 12.5. The van der Waals surface area contributed by atoms with E-state index >= 15 is 0 Å². The van der Waals surface area contributed by atoms with E-state index in [1.807, 2.05) is 6.92 Å². The highest BCUT2D eigenvalue weighted by Crippen LogP contribution is 2.21. The van der Waals surface area contributed by atoms with E-state index in [1.165, 1.54) is 35.0 Å². The van der Waals surface area contributed by atoms with Crippen molar-refractivity contribution in [3.8, 4) is 0 Å². The Bertz CT molecular complexity index is 637. The lowest BCUT2D eigenvalue weighted by molar-refractivity contribution is 0.146. The number of aromatic nitrogens is 1. The van der Waals surface area contributed by atoms with Crippen LogP contribution in [0.15, 0.2) is 18.3 Å². The van der Waals surface area contributed by atoms with Crippen LogP contribution in [0, 0.1) is 0 Å². The number of piperidine rings is 1. The van der Waals surface area contributed by atoms with Crippen molar-refractivity contribution in [1.82, 2.24) is 18.9 Å². The van der Waals surface area contributed by atoms with Gasteiger partial charge in [0.15, 0.2) is 0 Å². The Morgan fingerprint density at radius 2 is 2.08 bits per heavy atom. The summed E-state index contributed by atoms with van der Waals surface area (Å²) in [4.78, 5) is 3.77. The largest absolute Gasteiger partial charge is 0.306 e. The van der Waals surface area contributed by atoms with Gasteiger partial charge in [-0.1, -0.05) is 6.07 Å². The summed E-state index contributed by atoms with van der Waals surface area (Å²) < 4.78 is 52.2. The van der Waals surface area contributed by atoms with Gasteiger partial charge in [0.05, 0.1) is 0 Å². The average molecular weight is 362 g/mol. The van der Waals surface area contributed by atoms with Gasteiger partial charge in [-0.25, -0.2) is 8.78 Å². The highest BCUT2D eigenvalue weighted by atomic mass is 32.2. The Morgan fingerprint density at radius 3 is 2.62 bits per heavy atom. The zero-order chi connectivity index (χ0) is 17.9. The Morgan fingerprint density at radius 1 is 1.38 bits per heavy atom. The third kappa shape index (κ3) is 4.47. The molecule has 1 aromatic rings. The highest BCUT2D eigenvalue weighted by Gasteiger charge is 2.30. The molecule has 2 heterocycles. The predicted molar refractivity (Wildman–Crippen MR) is 87.9 cm³/mol. The molecule has 2 atom stereocenters. The van der Waals surface area contributed by atoms with Crippen LogP contribution >= 0.6 is 0 Å². The fraction of sp³-hybridized carbons (Fsp3) is 0.667. The van der Waals surface area contributed by atoms with Crippen LogP contribution in [0.3, 0.4) is 0 Å². The van der Waals surface area contributed by atoms with Crippen LogP contribution < -0.4 is 5.32 Å². The Labute approximate surface area is 142 Å². The van der Waals surface area contributed by atoms with Crippen molar-refractivity contribution in [2.45, 2.75) is 38.3 Å². The number of halogens is 2. The van der Waals surface area contributed by atoms with Crippen molar-refractivity contribution in [1.29, 1.82) is 0 Å². The smallest absolute Gasteiger partial charge is 0.281 e. The van der Waals surface area contributed by atoms with Crippen LogP contribution in [-0.4, -0.2) is 55.2 Å². The molecule has 9 heteroatoms. The topological polar surface area (TPSA) is 65.5 Å². The van der Waals surface area contributed by atoms with Crippen LogP contribution in [0.1, 0.15) is 43.5 Å². The van der Waals surface area contributed by atoms with Crippen molar-refractivity contribution in [3.05, 3.63) is 29.6 Å². The zero-order valence-corrected chi connectivity index (χ0v) is 14.9. The summed E-state index contributed by atoms with van der Waals surface area (Å²) in [5, 5.41) is 3.37. The third-order valence-corrected chi connectivity index (χ3v) is 6.10. The molecule has 1 aliphatic heterocycles. The summed E-state index contributed by atoms with van der Waals surface area (Å²) >= 11 is 0. The molecule has 0 spiro atoms. The van der Waals surface area contributed by atoms with Gasteiger partial charge in [-0.3, -0.25) is 4.98 Å². The summed E-state index contributed by atoms with van der Waals surface area (Å²) in [5.41, 5.74) is 0.554. The van der Waals surface area contributed by atoms with Gasteiger partial charge >= 0.3 is 0 Å². The lowest BCUT2D eigenvalue weighted by atomic mass is 10.0. The molecule has 0 radical (unpaired) electrons. The SMILES string of the molecule is CC(N[C@@H]1CCCN(S(=O)(=O)N(C)C)C1)c1ccc(C(F)F)nc1. The molecule has 1 aliphatic rings. The van der Waals surface area contributed by atoms with Crippen LogP contribution in [0.25, 0.3) is 0 Å². The maximum atomic E-state index is 12.5. The molecule has 1 unspecified atom stereocenters. The number of pyridine rings is 1. The number of rotatable bonds is 6. The van der Waals surface area contributed by atoms with E-state index in [4.69, 9.17) is 0 Å². The number of hydrogen-bond acceptors (Lipinski definition) is 4. The molecule has 1 fully saturated rings. The fourth-order valence-electron chi connectivity index (χ4n) is 2.77. The van der Waals surface area contributed by atoms with E-state index in [0.717, 1.165) is 18.4 Å². The molecule has 1 saturated heterocycles. The van der Waals surface area contributed by atoms with Gasteiger partial charge < -0.3 is 5.32 Å². The molecule has 1 N–H and O–H groups in total. The van der Waals surface area contributed by atoms with Gasteiger partial charge in [-0.2, -0.15) is 17.0 Å². The van der Waals surface area contributed by atoms with Crippen molar-refractivity contribution in [3.63, 3.8) is 0 Å². The average Bonchev–Trinajstić information content (AvgIpc) is 2.55. The second kappa shape index (κ2) is 7.81. The summed E-state index contributed by atoms with van der Waals surface area (Å²) in [6.45, 7) is 2.82. The maximum Gasteiger partial charge on any atom is 0.281 e. The summed E-state index contributed by atoms with van der Waals surface area (Å²) in [6.07, 6.45) is 0.508. The summed E-state index contributed by atoms with van der Waals surface area (Å²) in [7, 11) is -0.379. The van der Waals surface area contributed by atoms with Crippen molar-refractivity contribution < 1.29 is 17.2 Å². The number of nitrogens with zero attached hydrogens (tertiary/aromatic N) is 3. The molecule has 0 amide bonds. The fourth-order valence-corrected chi connectivity index (χ4v) is 3.96. The Balaban J connectivity index is 1.99. The van der Waals surface area contributed by atoms with Gasteiger partial charge in [-0.05, 0) is 31.4 Å². The molecule has 0 aromatic carbocycles. The van der Waals surface area contributed by atoms with E-state index in [2.05, 4.69) is 10.3 Å². The van der Waals surface area contributed by atoms with Crippen LogP contribution in [0.5, 0.6) is 0 Å². The lowest BCUT2D eigenvalue weighted by Gasteiger charge is -2.35. The van der Waals surface area contributed by atoms with E-state index in [0.29, 0.717) is 13.1 Å². The second-order valence-corrected chi connectivity index (χ2v) is 8.34. The third-order valence-electron chi connectivity index (χ3n) is 4.19. The van der Waals surface area contributed by atoms with Gasteiger partial charge in [0.25, 0.3) is 16.6 Å². The molecule has 24 heavy (non-hydrogen) atoms. The quantitative estimate of drug-likeness (QED) is 0.840. The van der Waals surface area contributed by atoms with Gasteiger partial charge in [0, 0.05) is 45.5 Å². The summed E-state index contributed by atoms with van der Waals surface area (Å²) in [6, 6.07) is 2.86. The molecular formula is C15H24F2N4O2S. The normalized spacial score (nSPS) is 21.4. The van der Waals surface area contributed by atoms with Gasteiger partial charge in [0.1, 0.15) is 5.69 Å². The number of hydrogen-bond donors (Lipinski definition) is 1. The van der Waals surface area contributed by atoms with Crippen LogP contribution in [-0.2, 0) is 10.2 Å². The van der Waals surface area contributed by atoms with E-state index < -0.39 is 16.6 Å². The molecule has 2 rings (SSSR count). The first-order chi connectivity index (χ1) is 11.2. The molecule has 136 valence electrons. The van der Waals surface area contributed by atoms with E-state index in [-0.39, 0.29) is 17.8 Å². The molecule has 6 nitrogen and oxygen atoms in total. The Hall–Kier alpha value is -1.16. The molecule has 0 saturated carbocycles. The minimum Gasteiger partial charge on any atom is -0.306 e. The minimum atomic E-state index is -3.42. The van der Waals surface area contributed by atoms with Crippen molar-refractivity contribution in [2.75, 3.05) is 27.2 Å².